The standard InChI is InChI=1S/C69H114O36/c1-25-37(76)43(82)47(86)57(94-25)101-51-30(21-73)98-60(50(89)53(51)103-58-48(87)44(83)39(78)27(18-70)95-58)102-52-41(80)29(20-72)97-62(55(52)105-56-46(85)38(77)26(74)22-91-56)99-31-23-92-61(54(42(31)81)104-59-49(88)45(84)40(79)28(19-71)96-59)100-36-10-11-65(5)32(63(36,2)3)8-12-66(6)33(65)9-13-69-34-16-64(4,90)14-15-68(34,24-93-69)35(75)17-67(66,69)7/h25-62,70-90H,8-24H2,1-7H3/t25-,26+,27+,28+,29+,30+,31-,32-,33+,34+,35+,36-,37-,38-,39+,40+,41+,42-,43+,44-,45-,46+,47+,48+,49+,50+,51+,52-,53+,54+,55+,56-,57-,58-,59-,60-,61-,62-,64-,65-,66+,67-,68+,69-/m0/s1. The lowest BCUT2D eigenvalue weighted by atomic mass is 9.30. The molecule has 5 saturated carbocycles. The maximum atomic E-state index is 12.9. The zero-order valence-corrected chi connectivity index (χ0v) is 60.0. The summed E-state index contributed by atoms with van der Waals surface area (Å²) in [4.78, 5) is 0. The Morgan fingerprint density at radius 2 is 0.886 bits per heavy atom. The van der Waals surface area contributed by atoms with Crippen LogP contribution in [0, 0.1) is 44.8 Å². The smallest absolute Gasteiger partial charge is 0.187 e. The van der Waals surface area contributed by atoms with Crippen LogP contribution < -0.4 is 0 Å². The number of hydrogen-bond acceptors (Lipinski definition) is 36. The number of fused-ring (bicyclic) bond motifs is 4. The molecule has 105 heavy (non-hydrogen) atoms. The van der Waals surface area contributed by atoms with Gasteiger partial charge >= 0.3 is 0 Å². The van der Waals surface area contributed by atoms with Gasteiger partial charge in [0.05, 0.1) is 75.8 Å². The summed E-state index contributed by atoms with van der Waals surface area (Å²) in [5.41, 5.74) is -3.59. The fraction of sp³-hybridized carbons (Fsp3) is 1.00. The second kappa shape index (κ2) is 30.4. The normalized spacial score (nSPS) is 57.8. The number of rotatable bonds is 18. The molecule has 36 heteroatoms. The largest absolute Gasteiger partial charge is 0.394 e. The second-order valence-electron chi connectivity index (χ2n) is 33.9. The van der Waals surface area contributed by atoms with Crippen molar-refractivity contribution in [2.45, 2.75) is 339 Å². The molecule has 8 heterocycles. The van der Waals surface area contributed by atoms with E-state index in [0.717, 1.165) is 25.7 Å². The molecular formula is C69H114O36. The van der Waals surface area contributed by atoms with E-state index in [4.69, 9.17) is 71.1 Å². The molecule has 5 aliphatic carbocycles. The van der Waals surface area contributed by atoms with Crippen LogP contribution in [0.1, 0.15) is 113 Å². The maximum Gasteiger partial charge on any atom is 0.187 e. The Morgan fingerprint density at radius 1 is 0.381 bits per heavy atom. The minimum absolute atomic E-state index is 0.00742. The van der Waals surface area contributed by atoms with E-state index in [1.54, 1.807) is 0 Å². The van der Waals surface area contributed by atoms with Crippen molar-refractivity contribution in [3.63, 3.8) is 0 Å². The summed E-state index contributed by atoms with van der Waals surface area (Å²) < 4.78 is 93.7. The van der Waals surface area contributed by atoms with E-state index in [2.05, 4.69) is 34.6 Å². The number of hydrogen-bond donors (Lipinski definition) is 21. The first-order valence-electron chi connectivity index (χ1n) is 37.2. The quantitative estimate of drug-likeness (QED) is 0.0567. The van der Waals surface area contributed by atoms with Gasteiger partial charge in [-0.1, -0.05) is 34.6 Å². The molecule has 0 radical (unpaired) electrons. The summed E-state index contributed by atoms with van der Waals surface area (Å²) in [6.07, 6.45) is -58.1. The van der Waals surface area contributed by atoms with Gasteiger partial charge in [-0.05, 0) is 106 Å². The summed E-state index contributed by atoms with van der Waals surface area (Å²) in [6.45, 7) is 9.64. The summed E-state index contributed by atoms with van der Waals surface area (Å²) in [7, 11) is 0. The second-order valence-corrected chi connectivity index (χ2v) is 33.9. The zero-order valence-electron chi connectivity index (χ0n) is 60.0. The summed E-state index contributed by atoms with van der Waals surface area (Å²) in [5.74, 6) is 0.142. The van der Waals surface area contributed by atoms with Crippen molar-refractivity contribution < 1.29 is 178 Å². The molecule has 0 aromatic heterocycles. The highest BCUT2D eigenvalue weighted by molar-refractivity contribution is 5.29. The van der Waals surface area contributed by atoms with E-state index in [9.17, 15) is 107 Å². The van der Waals surface area contributed by atoms with Gasteiger partial charge in [0, 0.05) is 16.7 Å². The first kappa shape index (κ1) is 81.6. The first-order valence-corrected chi connectivity index (χ1v) is 37.2. The van der Waals surface area contributed by atoms with Gasteiger partial charge < -0.3 is 178 Å². The van der Waals surface area contributed by atoms with E-state index in [1.807, 2.05) is 6.92 Å². The zero-order chi connectivity index (χ0) is 76.1. The van der Waals surface area contributed by atoms with Gasteiger partial charge in [-0.3, -0.25) is 0 Å². The van der Waals surface area contributed by atoms with Gasteiger partial charge in [0.25, 0.3) is 0 Å². The Labute approximate surface area is 606 Å². The Kier molecular flexibility index (Phi) is 23.6. The molecule has 0 aromatic rings. The lowest BCUT2D eigenvalue weighted by molar-refractivity contribution is -0.414. The van der Waals surface area contributed by atoms with Gasteiger partial charge in [-0.25, -0.2) is 0 Å². The van der Waals surface area contributed by atoms with Crippen LogP contribution in [0.3, 0.4) is 0 Å². The van der Waals surface area contributed by atoms with E-state index in [-0.39, 0.29) is 28.6 Å². The maximum absolute atomic E-state index is 12.9. The third kappa shape index (κ3) is 13.6. The Balaban J connectivity index is 0.791. The molecule has 21 N–H and O–H groups in total. The van der Waals surface area contributed by atoms with Crippen LogP contribution in [-0.4, -0.2) is 380 Å². The van der Waals surface area contributed by atoms with E-state index < -0.39 is 282 Å². The average molecular weight is 1520 g/mol. The van der Waals surface area contributed by atoms with Crippen LogP contribution in [0.4, 0.5) is 0 Å². The van der Waals surface area contributed by atoms with Gasteiger partial charge in [0.15, 0.2) is 44.0 Å². The highest BCUT2D eigenvalue weighted by Crippen LogP contribution is 2.80. The number of aliphatic hydroxyl groups is 21. The SMILES string of the molecule is C[C@@H]1O[C@@H](O[C@H]2[C@H](O[C@@H]3O[C@H](CO)[C@@H](O)[C@H](O)[C@H]3O)[C@@H](O)[C@H](O[C@H]3[C@H](O)[C@@H](CO)O[C@@H](O[C@H]4CO[C@@H](O[C@H]5CC[C@]6(C)[C@H]7CC[C@]89OC[C@@]%10(CC[C@](C)(O)C[C@H]%108)[C@H](O)C[C@@]9(C)[C@]7(C)CC[C@H]6C5(C)C)[C@H](O[C@@H]5O[C@H](CO)[C@@H](O)[C@H](O)[C@H]5O)[C@H]4O)[C@@H]3O[C@@H]3OC[C@@H](O)[C@H](O)[C@H]3O)O[C@@H]2CO)[C@H](O)[C@H](O)[C@H]1O. The van der Waals surface area contributed by atoms with E-state index in [0.29, 0.717) is 45.1 Å². The molecule has 13 fully saturated rings. The average Bonchev–Trinajstić information content (AvgIpc) is 1.59. The Morgan fingerprint density at radius 3 is 1.50 bits per heavy atom. The highest BCUT2D eigenvalue weighted by Gasteiger charge is 2.80. The van der Waals surface area contributed by atoms with Crippen LogP contribution in [0.25, 0.3) is 0 Å². The molecule has 8 aliphatic heterocycles. The third-order valence-corrected chi connectivity index (χ3v) is 27.9. The minimum atomic E-state index is -2.35. The monoisotopic (exact) mass is 1520 g/mol. The van der Waals surface area contributed by atoms with Crippen molar-refractivity contribution in [2.24, 2.45) is 44.8 Å². The van der Waals surface area contributed by atoms with Gasteiger partial charge in [-0.15, -0.1) is 0 Å². The van der Waals surface area contributed by atoms with E-state index in [1.165, 1.54) is 6.92 Å². The molecule has 36 nitrogen and oxygen atoms in total. The van der Waals surface area contributed by atoms with Crippen molar-refractivity contribution in [1.82, 2.24) is 0 Å². The Hall–Kier alpha value is -1.44. The van der Waals surface area contributed by atoms with Crippen molar-refractivity contribution in [2.75, 3.05) is 46.2 Å². The molecule has 0 aromatic carbocycles. The van der Waals surface area contributed by atoms with Gasteiger partial charge in [0.2, 0.25) is 0 Å². The molecule has 1 spiro atoms. The number of ether oxygens (including phenoxy) is 15. The van der Waals surface area contributed by atoms with Crippen molar-refractivity contribution in [3.8, 4) is 0 Å². The van der Waals surface area contributed by atoms with Gasteiger partial charge in [-0.2, -0.15) is 0 Å². The van der Waals surface area contributed by atoms with Gasteiger partial charge in [0.1, 0.15) is 153 Å². The first-order chi connectivity index (χ1) is 49.4. The molecule has 0 unspecified atom stereocenters. The van der Waals surface area contributed by atoms with Crippen LogP contribution in [0.15, 0.2) is 0 Å². The Bertz CT molecular complexity index is 2930. The molecule has 13 rings (SSSR count). The fourth-order valence-electron chi connectivity index (χ4n) is 21.6. The summed E-state index contributed by atoms with van der Waals surface area (Å²) in [6, 6.07) is 0. The van der Waals surface area contributed by atoms with E-state index >= 15 is 0 Å². The molecule has 44 atom stereocenters. The van der Waals surface area contributed by atoms with Crippen LogP contribution >= 0.6 is 0 Å². The molecule has 606 valence electrons. The molecule has 2 bridgehead atoms. The van der Waals surface area contributed by atoms with Crippen molar-refractivity contribution in [3.05, 3.63) is 0 Å². The summed E-state index contributed by atoms with van der Waals surface area (Å²) >= 11 is 0. The predicted molar refractivity (Wildman–Crippen MR) is 344 cm³/mol. The topological polar surface area (TPSA) is 563 Å². The third-order valence-electron chi connectivity index (χ3n) is 27.9. The van der Waals surface area contributed by atoms with Crippen LogP contribution in [-0.2, 0) is 71.1 Å². The molecule has 0 amide bonds. The van der Waals surface area contributed by atoms with Crippen LogP contribution in [0.5, 0.6) is 0 Å². The molecular weight excluding hydrogens is 1400 g/mol. The van der Waals surface area contributed by atoms with Crippen molar-refractivity contribution in [1.29, 1.82) is 0 Å². The molecule has 8 saturated heterocycles. The lowest BCUT2D eigenvalue weighted by Gasteiger charge is -2.75. The lowest BCUT2D eigenvalue weighted by Crippen LogP contribution is -2.74. The summed E-state index contributed by atoms with van der Waals surface area (Å²) in [5, 5.41) is 236. The molecule has 13 aliphatic rings. The van der Waals surface area contributed by atoms with Crippen LogP contribution in [0.2, 0.25) is 0 Å². The highest BCUT2D eigenvalue weighted by atomic mass is 16.8. The predicted octanol–water partition coefficient (Wildman–Crippen LogP) is -7.85. The minimum Gasteiger partial charge on any atom is -0.394 e. The fourth-order valence-corrected chi connectivity index (χ4v) is 21.6. The van der Waals surface area contributed by atoms with Crippen molar-refractivity contribution >= 4 is 0 Å². The number of aliphatic hydroxyl groups excluding tert-OH is 20.